The van der Waals surface area contributed by atoms with Gasteiger partial charge in [-0.1, -0.05) is 39.0 Å². The number of nitriles is 1. The minimum atomic E-state index is 0.239. The maximum atomic E-state index is 8.55. The van der Waals surface area contributed by atoms with Gasteiger partial charge in [-0.15, -0.1) is 0 Å². The lowest BCUT2D eigenvalue weighted by atomic mass is 9.61. The van der Waals surface area contributed by atoms with Crippen LogP contribution < -0.4 is 0 Å². The Morgan fingerprint density at radius 3 is 2.79 bits per heavy atom. The fourth-order valence-corrected chi connectivity index (χ4v) is 2.29. The van der Waals surface area contributed by atoms with E-state index < -0.39 is 0 Å². The van der Waals surface area contributed by atoms with Crippen molar-refractivity contribution < 1.29 is 0 Å². The molecule has 0 bridgehead atoms. The van der Waals surface area contributed by atoms with Crippen LogP contribution in [0, 0.1) is 28.6 Å². The summed E-state index contributed by atoms with van der Waals surface area (Å²) >= 11 is 0. The highest BCUT2D eigenvalue weighted by Gasteiger charge is 2.38. The van der Waals surface area contributed by atoms with Crippen LogP contribution in [0.25, 0.3) is 0 Å². The fourth-order valence-electron chi connectivity index (χ4n) is 2.29. The smallest absolute Gasteiger partial charge is 0.0908 e. The molecule has 1 fully saturated rings. The number of allylic oxidation sites excluding steroid dienone is 3. The molecule has 1 aliphatic rings. The minimum Gasteiger partial charge on any atom is -0.193 e. The van der Waals surface area contributed by atoms with Crippen LogP contribution in [0.2, 0.25) is 0 Å². The summed E-state index contributed by atoms with van der Waals surface area (Å²) in [5.41, 5.74) is 1.52. The van der Waals surface area contributed by atoms with Crippen molar-refractivity contribution >= 4 is 0 Å². The van der Waals surface area contributed by atoms with E-state index in [9.17, 15) is 0 Å². The number of rotatable bonds is 1. The van der Waals surface area contributed by atoms with Crippen LogP contribution in [-0.2, 0) is 0 Å². The zero-order valence-corrected chi connectivity index (χ0v) is 9.38. The Morgan fingerprint density at radius 1 is 1.57 bits per heavy atom. The normalized spacial score (nSPS) is 31.7. The van der Waals surface area contributed by atoms with E-state index in [0.29, 0.717) is 11.8 Å². The molecule has 76 valence electrons. The summed E-state index contributed by atoms with van der Waals surface area (Å²) in [6.45, 7) is 11.0. The van der Waals surface area contributed by atoms with E-state index in [0.717, 1.165) is 6.42 Å². The average Bonchev–Trinajstić information content (AvgIpc) is 2.12. The van der Waals surface area contributed by atoms with Gasteiger partial charge in [0, 0.05) is 12.0 Å². The first kappa shape index (κ1) is 11.0. The van der Waals surface area contributed by atoms with Gasteiger partial charge in [-0.25, -0.2) is 0 Å². The van der Waals surface area contributed by atoms with Crippen LogP contribution in [0.15, 0.2) is 24.3 Å². The Balaban J connectivity index is 2.92. The van der Waals surface area contributed by atoms with Crippen molar-refractivity contribution in [3.63, 3.8) is 0 Å². The third-order valence-corrected chi connectivity index (χ3v) is 3.77. The molecule has 0 unspecified atom stereocenters. The molecule has 1 rings (SSSR count). The molecule has 0 aromatic rings. The van der Waals surface area contributed by atoms with Gasteiger partial charge in [0.2, 0.25) is 0 Å². The molecule has 2 atom stereocenters. The van der Waals surface area contributed by atoms with Gasteiger partial charge in [-0.3, -0.25) is 0 Å². The lowest BCUT2D eigenvalue weighted by molar-refractivity contribution is 0.141. The maximum Gasteiger partial charge on any atom is 0.0908 e. The van der Waals surface area contributed by atoms with E-state index in [1.54, 1.807) is 6.08 Å². The van der Waals surface area contributed by atoms with E-state index in [4.69, 9.17) is 5.26 Å². The molecule has 0 heterocycles. The van der Waals surface area contributed by atoms with Crippen molar-refractivity contribution in [1.29, 1.82) is 5.26 Å². The summed E-state index contributed by atoms with van der Waals surface area (Å²) in [7, 11) is 0. The average molecular weight is 189 g/mol. The second-order valence-electron chi connectivity index (χ2n) is 4.89. The van der Waals surface area contributed by atoms with Gasteiger partial charge in [0.15, 0.2) is 0 Å². The first-order valence-corrected chi connectivity index (χ1v) is 5.24. The second kappa shape index (κ2) is 4.00. The van der Waals surface area contributed by atoms with Gasteiger partial charge < -0.3 is 0 Å². The van der Waals surface area contributed by atoms with Crippen molar-refractivity contribution in [1.82, 2.24) is 0 Å². The van der Waals surface area contributed by atoms with Crippen molar-refractivity contribution in [2.75, 3.05) is 0 Å². The van der Waals surface area contributed by atoms with Gasteiger partial charge in [-0.05, 0) is 24.2 Å². The van der Waals surface area contributed by atoms with Crippen molar-refractivity contribution in [3.8, 4) is 6.07 Å². The van der Waals surface area contributed by atoms with E-state index in [1.165, 1.54) is 12.0 Å². The zero-order valence-electron chi connectivity index (χ0n) is 9.38. The summed E-state index contributed by atoms with van der Waals surface area (Å²) < 4.78 is 0. The monoisotopic (exact) mass is 189 g/mol. The predicted molar refractivity (Wildman–Crippen MR) is 59.6 cm³/mol. The van der Waals surface area contributed by atoms with Gasteiger partial charge in [0.25, 0.3) is 0 Å². The van der Waals surface area contributed by atoms with Crippen molar-refractivity contribution in [3.05, 3.63) is 24.3 Å². The van der Waals surface area contributed by atoms with Crippen LogP contribution in [0.3, 0.4) is 0 Å². The van der Waals surface area contributed by atoms with Crippen LogP contribution in [0.1, 0.15) is 33.6 Å². The molecule has 1 nitrogen and oxygen atoms in total. The molecular formula is C13H19N. The van der Waals surface area contributed by atoms with E-state index in [2.05, 4.69) is 33.4 Å². The summed E-state index contributed by atoms with van der Waals surface area (Å²) in [6, 6.07) is 2.07. The third kappa shape index (κ3) is 1.90. The minimum absolute atomic E-state index is 0.239. The molecule has 0 aromatic carbocycles. The highest BCUT2D eigenvalue weighted by atomic mass is 14.4. The molecule has 0 amide bonds. The Hall–Kier alpha value is -1.03. The topological polar surface area (TPSA) is 23.8 Å². The summed E-state index contributed by atoms with van der Waals surface area (Å²) in [5.74, 6) is 1.06. The molecule has 0 radical (unpaired) electrons. The molecule has 0 aromatic heterocycles. The lowest BCUT2D eigenvalue weighted by Crippen LogP contribution is -2.35. The fraction of sp³-hybridized carbons (Fsp3) is 0.615. The molecule has 0 spiro atoms. The number of nitrogens with zero attached hydrogens (tertiary/aromatic N) is 1. The summed E-state index contributed by atoms with van der Waals surface area (Å²) in [4.78, 5) is 0. The molecule has 0 saturated heterocycles. The van der Waals surface area contributed by atoms with Crippen LogP contribution >= 0.6 is 0 Å². The number of hydrogen-bond acceptors (Lipinski definition) is 1. The standard InChI is InChI=1S/C13H19N/c1-10-7-8-11(2)13(3,4)12(10)6-5-9-14/h5-6,11-12H,1,7-8H2,2-4H3/t11-,12+/m0/s1. The lowest BCUT2D eigenvalue weighted by Gasteiger charge is -2.43. The second-order valence-corrected chi connectivity index (χ2v) is 4.89. The maximum absolute atomic E-state index is 8.55. The molecule has 1 aliphatic carbocycles. The predicted octanol–water partition coefficient (Wildman–Crippen LogP) is 3.69. The highest BCUT2D eigenvalue weighted by molar-refractivity contribution is 5.20. The SMILES string of the molecule is C=C1CC[C@H](C)C(C)(C)[C@@H]1C=CC#N. The molecule has 0 aliphatic heterocycles. The first-order chi connectivity index (χ1) is 6.50. The molecule has 14 heavy (non-hydrogen) atoms. The van der Waals surface area contributed by atoms with Crippen molar-refractivity contribution in [2.24, 2.45) is 17.3 Å². The van der Waals surface area contributed by atoms with Crippen LogP contribution in [-0.4, -0.2) is 0 Å². The largest absolute Gasteiger partial charge is 0.193 e. The van der Waals surface area contributed by atoms with Gasteiger partial charge in [0.05, 0.1) is 6.07 Å². The Bertz CT molecular complexity index is 291. The number of hydrogen-bond donors (Lipinski definition) is 0. The third-order valence-electron chi connectivity index (χ3n) is 3.77. The van der Waals surface area contributed by atoms with E-state index in [1.807, 2.05) is 6.08 Å². The van der Waals surface area contributed by atoms with Gasteiger partial charge in [0.1, 0.15) is 0 Å². The van der Waals surface area contributed by atoms with Crippen LogP contribution in [0.5, 0.6) is 0 Å². The van der Waals surface area contributed by atoms with E-state index in [-0.39, 0.29) is 5.41 Å². The van der Waals surface area contributed by atoms with Crippen molar-refractivity contribution in [2.45, 2.75) is 33.6 Å². The van der Waals surface area contributed by atoms with E-state index >= 15 is 0 Å². The summed E-state index contributed by atoms with van der Waals surface area (Å²) in [6.07, 6.45) is 5.93. The van der Waals surface area contributed by atoms with Crippen LogP contribution in [0.4, 0.5) is 0 Å². The Labute approximate surface area is 87.1 Å². The molecule has 1 saturated carbocycles. The molecule has 1 heteroatoms. The van der Waals surface area contributed by atoms with Gasteiger partial charge in [-0.2, -0.15) is 5.26 Å². The highest BCUT2D eigenvalue weighted by Crippen LogP contribution is 2.47. The zero-order chi connectivity index (χ0) is 10.8. The Morgan fingerprint density at radius 2 is 2.21 bits per heavy atom. The Kier molecular flexibility index (Phi) is 3.16. The molecular weight excluding hydrogens is 170 g/mol. The first-order valence-electron chi connectivity index (χ1n) is 5.24. The quantitative estimate of drug-likeness (QED) is 0.456. The van der Waals surface area contributed by atoms with Gasteiger partial charge >= 0.3 is 0 Å². The summed E-state index contributed by atoms with van der Waals surface area (Å²) in [5, 5.41) is 8.55. The molecule has 0 N–H and O–H groups in total.